The molecule has 1 atom stereocenters. The molecule has 0 saturated carbocycles. The molecule has 0 amide bonds. The van der Waals surface area contributed by atoms with E-state index in [2.05, 4.69) is 0 Å². The molecule has 0 bridgehead atoms. The molecule has 0 radical (unpaired) electrons. The lowest BCUT2D eigenvalue weighted by molar-refractivity contribution is 0.269. The predicted octanol–water partition coefficient (Wildman–Crippen LogP) is 1.21. The van der Waals surface area contributed by atoms with Crippen molar-refractivity contribution in [2.45, 2.75) is 39.2 Å². The van der Waals surface area contributed by atoms with E-state index >= 15 is 0 Å². The van der Waals surface area contributed by atoms with E-state index in [1.807, 2.05) is 6.92 Å². The molecule has 1 aliphatic heterocycles. The molecule has 0 aromatic carbocycles. The summed E-state index contributed by atoms with van der Waals surface area (Å²) in [4.78, 5) is 0. The van der Waals surface area contributed by atoms with Gasteiger partial charge >= 0.3 is 0 Å². The van der Waals surface area contributed by atoms with E-state index in [1.54, 1.807) is 11.2 Å². The van der Waals surface area contributed by atoms with Crippen LogP contribution in [0.5, 0.6) is 0 Å². The first-order valence-corrected chi connectivity index (χ1v) is 6.18. The van der Waals surface area contributed by atoms with Crippen molar-refractivity contribution in [1.82, 2.24) is 4.31 Å². The summed E-state index contributed by atoms with van der Waals surface area (Å²) < 4.78 is 24.6. The molecule has 12 heavy (non-hydrogen) atoms. The molecule has 1 saturated heterocycles. The third-order valence-electron chi connectivity index (χ3n) is 2.46. The van der Waals surface area contributed by atoms with Crippen LogP contribution in [0.3, 0.4) is 0 Å². The maximum absolute atomic E-state index is 11.5. The Morgan fingerprint density at radius 3 is 2.58 bits per heavy atom. The highest BCUT2D eigenvalue weighted by Crippen LogP contribution is 2.19. The monoisotopic (exact) mass is 191 g/mol. The number of nitrogens with zero attached hydrogens (tertiary/aromatic N) is 1. The van der Waals surface area contributed by atoms with Crippen LogP contribution in [-0.2, 0) is 10.0 Å². The first-order valence-electron chi connectivity index (χ1n) is 4.57. The van der Waals surface area contributed by atoms with Crippen LogP contribution < -0.4 is 0 Å². The highest BCUT2D eigenvalue weighted by Gasteiger charge is 2.27. The van der Waals surface area contributed by atoms with Gasteiger partial charge in [-0.15, -0.1) is 0 Å². The molecule has 1 heterocycles. The van der Waals surface area contributed by atoms with E-state index in [9.17, 15) is 8.42 Å². The lowest BCUT2D eigenvalue weighted by Crippen LogP contribution is -2.42. The van der Waals surface area contributed by atoms with Gasteiger partial charge in [0.2, 0.25) is 10.0 Å². The highest BCUT2D eigenvalue weighted by molar-refractivity contribution is 7.89. The van der Waals surface area contributed by atoms with Crippen molar-refractivity contribution in [2.75, 3.05) is 12.3 Å². The smallest absolute Gasteiger partial charge is 0.212 e. The summed E-state index contributed by atoms with van der Waals surface area (Å²) in [6.45, 7) is 4.42. The van der Waals surface area contributed by atoms with Gasteiger partial charge in [-0.25, -0.2) is 8.42 Å². The summed E-state index contributed by atoms with van der Waals surface area (Å²) in [5.74, 6) is 0.233. The molecule has 1 aliphatic rings. The van der Waals surface area contributed by atoms with Crippen molar-refractivity contribution in [2.24, 2.45) is 0 Å². The number of sulfonamides is 1. The fourth-order valence-electron chi connectivity index (χ4n) is 1.65. The van der Waals surface area contributed by atoms with Crippen molar-refractivity contribution in [3.05, 3.63) is 0 Å². The Kier molecular flexibility index (Phi) is 3.12. The summed E-state index contributed by atoms with van der Waals surface area (Å²) >= 11 is 0. The van der Waals surface area contributed by atoms with Gasteiger partial charge in [0.25, 0.3) is 0 Å². The van der Waals surface area contributed by atoms with Crippen molar-refractivity contribution in [3.8, 4) is 0 Å². The quantitative estimate of drug-likeness (QED) is 0.658. The summed E-state index contributed by atoms with van der Waals surface area (Å²) in [5, 5.41) is 0. The summed E-state index contributed by atoms with van der Waals surface area (Å²) in [6.07, 6.45) is 3.19. The van der Waals surface area contributed by atoms with Crippen molar-refractivity contribution in [3.63, 3.8) is 0 Å². The van der Waals surface area contributed by atoms with Crippen LogP contribution in [0.4, 0.5) is 0 Å². The molecule has 0 aromatic rings. The minimum Gasteiger partial charge on any atom is -0.212 e. The van der Waals surface area contributed by atoms with Gasteiger partial charge < -0.3 is 0 Å². The van der Waals surface area contributed by atoms with Crippen molar-refractivity contribution >= 4 is 10.0 Å². The van der Waals surface area contributed by atoms with E-state index in [0.717, 1.165) is 25.8 Å². The Labute approximate surface area is 74.8 Å². The van der Waals surface area contributed by atoms with Crippen LogP contribution in [0, 0.1) is 0 Å². The number of hydrogen-bond donors (Lipinski definition) is 0. The molecule has 4 heteroatoms. The van der Waals surface area contributed by atoms with Crippen LogP contribution in [0.15, 0.2) is 0 Å². The second-order valence-corrected chi connectivity index (χ2v) is 5.57. The molecule has 0 spiro atoms. The second-order valence-electron chi connectivity index (χ2n) is 3.36. The van der Waals surface area contributed by atoms with Gasteiger partial charge in [0.1, 0.15) is 0 Å². The molecule has 72 valence electrons. The topological polar surface area (TPSA) is 37.4 Å². The van der Waals surface area contributed by atoms with Crippen molar-refractivity contribution < 1.29 is 8.42 Å². The molecule has 0 N–H and O–H groups in total. The zero-order chi connectivity index (χ0) is 9.19. The van der Waals surface area contributed by atoms with Gasteiger partial charge in [-0.2, -0.15) is 4.31 Å². The van der Waals surface area contributed by atoms with E-state index < -0.39 is 10.0 Å². The van der Waals surface area contributed by atoms with Crippen molar-refractivity contribution in [1.29, 1.82) is 0 Å². The van der Waals surface area contributed by atoms with Gasteiger partial charge in [-0.3, -0.25) is 0 Å². The Morgan fingerprint density at radius 2 is 2.08 bits per heavy atom. The fraction of sp³-hybridized carbons (Fsp3) is 1.00. The third-order valence-corrected chi connectivity index (χ3v) is 4.45. The molecule has 3 nitrogen and oxygen atoms in total. The molecular formula is C8H17NO2S. The van der Waals surface area contributed by atoms with Gasteiger partial charge in [-0.1, -0.05) is 6.42 Å². The lowest BCUT2D eigenvalue weighted by Gasteiger charge is -2.31. The SMILES string of the molecule is CCS(=O)(=O)N1CCCC[C@@H]1C. The Morgan fingerprint density at radius 1 is 1.42 bits per heavy atom. The minimum atomic E-state index is -2.94. The molecule has 0 aromatic heterocycles. The zero-order valence-corrected chi connectivity index (χ0v) is 8.60. The molecule has 1 rings (SSSR count). The predicted molar refractivity (Wildman–Crippen MR) is 49.5 cm³/mol. The zero-order valence-electron chi connectivity index (χ0n) is 7.78. The van der Waals surface area contributed by atoms with Crippen LogP contribution in [0.1, 0.15) is 33.1 Å². The summed E-state index contributed by atoms with van der Waals surface area (Å²) in [6, 6.07) is 0.212. The normalized spacial score (nSPS) is 27.3. The summed E-state index contributed by atoms with van der Waals surface area (Å²) in [5.41, 5.74) is 0. The molecular weight excluding hydrogens is 174 g/mol. The Balaban J connectivity index is 2.72. The number of hydrogen-bond acceptors (Lipinski definition) is 2. The van der Waals surface area contributed by atoms with Gasteiger partial charge in [-0.05, 0) is 26.7 Å². The van der Waals surface area contributed by atoms with Crippen LogP contribution in [-0.4, -0.2) is 31.1 Å². The van der Waals surface area contributed by atoms with Gasteiger partial charge in [0.15, 0.2) is 0 Å². The van der Waals surface area contributed by atoms with Gasteiger partial charge in [0.05, 0.1) is 5.75 Å². The van der Waals surface area contributed by atoms with E-state index in [-0.39, 0.29) is 11.8 Å². The van der Waals surface area contributed by atoms with Gasteiger partial charge in [0, 0.05) is 12.6 Å². The summed E-state index contributed by atoms with van der Waals surface area (Å²) in [7, 11) is -2.94. The molecule has 1 fully saturated rings. The van der Waals surface area contributed by atoms with E-state index in [0.29, 0.717) is 0 Å². The maximum Gasteiger partial charge on any atom is 0.214 e. The number of rotatable bonds is 2. The fourth-order valence-corrected chi connectivity index (χ4v) is 3.04. The lowest BCUT2D eigenvalue weighted by atomic mass is 10.1. The minimum absolute atomic E-state index is 0.212. The molecule has 0 aliphatic carbocycles. The van der Waals surface area contributed by atoms with Crippen LogP contribution in [0.2, 0.25) is 0 Å². The Bertz CT molecular complexity index is 235. The number of piperidine rings is 1. The van der Waals surface area contributed by atoms with E-state index in [4.69, 9.17) is 0 Å². The first kappa shape index (κ1) is 9.99. The van der Waals surface area contributed by atoms with Crippen LogP contribution in [0.25, 0.3) is 0 Å². The standard InChI is InChI=1S/C8H17NO2S/c1-3-12(10,11)9-7-5-4-6-8(9)2/h8H,3-7H2,1-2H3/t8-/m0/s1. The van der Waals surface area contributed by atoms with E-state index in [1.165, 1.54) is 0 Å². The van der Waals surface area contributed by atoms with Crippen LogP contribution >= 0.6 is 0 Å². The highest BCUT2D eigenvalue weighted by atomic mass is 32.2. The largest absolute Gasteiger partial charge is 0.214 e. The second kappa shape index (κ2) is 3.75. The maximum atomic E-state index is 11.5. The third kappa shape index (κ3) is 1.98. The Hall–Kier alpha value is -0.0900. The average molecular weight is 191 g/mol. The molecule has 0 unspecified atom stereocenters. The average Bonchev–Trinajstić information content (AvgIpc) is 2.05. The first-order chi connectivity index (χ1) is 5.58.